The van der Waals surface area contributed by atoms with Crippen molar-refractivity contribution in [1.82, 2.24) is 9.55 Å². The Kier molecular flexibility index (Phi) is 5.78. The highest BCUT2D eigenvalue weighted by Gasteiger charge is 2.35. The Hall–Kier alpha value is -3.41. The van der Waals surface area contributed by atoms with E-state index in [4.69, 9.17) is 0 Å². The monoisotopic (exact) mass is 438 g/mol. The molecule has 0 spiro atoms. The number of nitro groups is 1. The Morgan fingerprint density at radius 3 is 2.63 bits per heavy atom. The zero-order chi connectivity index (χ0) is 22.1. The zero-order valence-electron chi connectivity index (χ0n) is 15.3. The lowest BCUT2D eigenvalue weighted by atomic mass is 10.1. The van der Waals surface area contributed by atoms with E-state index >= 15 is 0 Å². The maximum Gasteiger partial charge on any atom is 0.418 e. The van der Waals surface area contributed by atoms with E-state index in [1.165, 1.54) is 11.6 Å². The second-order valence-corrected chi connectivity index (χ2v) is 7.04. The van der Waals surface area contributed by atoms with Crippen molar-refractivity contribution in [2.45, 2.75) is 11.3 Å². The molecule has 1 amide bonds. The van der Waals surface area contributed by atoms with E-state index in [-0.39, 0.29) is 16.5 Å². The molecular formula is C18H13F3N4O4S. The fourth-order valence-electron chi connectivity index (χ4n) is 2.63. The Morgan fingerprint density at radius 2 is 1.97 bits per heavy atom. The molecule has 0 saturated heterocycles. The molecule has 0 aliphatic rings. The van der Waals surface area contributed by atoms with Gasteiger partial charge in [-0.25, -0.2) is 4.98 Å². The average molecular weight is 438 g/mol. The van der Waals surface area contributed by atoms with Gasteiger partial charge >= 0.3 is 6.18 Å². The van der Waals surface area contributed by atoms with Crippen molar-refractivity contribution in [3.8, 4) is 0 Å². The lowest BCUT2D eigenvalue weighted by molar-refractivity contribution is -0.385. The number of nitrogens with zero attached hydrogens (tertiary/aromatic N) is 3. The van der Waals surface area contributed by atoms with Gasteiger partial charge in [0.05, 0.1) is 32.8 Å². The molecule has 3 rings (SSSR count). The fraction of sp³-hybridized carbons (Fsp3) is 0.167. The summed E-state index contributed by atoms with van der Waals surface area (Å²) in [5.41, 5.74) is -2.56. The molecule has 0 aliphatic carbocycles. The van der Waals surface area contributed by atoms with Crippen LogP contribution in [0.15, 0.2) is 52.4 Å². The number of anilines is 1. The number of halogens is 3. The first-order chi connectivity index (χ1) is 14.1. The summed E-state index contributed by atoms with van der Waals surface area (Å²) in [4.78, 5) is 38.6. The van der Waals surface area contributed by atoms with Crippen LogP contribution < -0.4 is 10.9 Å². The van der Waals surface area contributed by atoms with Crippen LogP contribution in [-0.4, -0.2) is 26.1 Å². The summed E-state index contributed by atoms with van der Waals surface area (Å²) in [7, 11) is 1.47. The average Bonchev–Trinajstić information content (AvgIpc) is 2.69. The minimum atomic E-state index is -4.90. The summed E-state index contributed by atoms with van der Waals surface area (Å²) < 4.78 is 40.9. The SMILES string of the molecule is Cn1c(SCC(=O)Nc2ccc([N+](=O)[O-])cc2C(F)(F)F)nc2ccccc2c1=O. The second kappa shape index (κ2) is 8.14. The van der Waals surface area contributed by atoms with Crippen LogP contribution >= 0.6 is 11.8 Å². The number of nitrogens with one attached hydrogen (secondary N) is 1. The van der Waals surface area contributed by atoms with Gasteiger partial charge in [0.2, 0.25) is 5.91 Å². The van der Waals surface area contributed by atoms with Crippen molar-refractivity contribution in [3.63, 3.8) is 0 Å². The number of hydrogen-bond donors (Lipinski definition) is 1. The highest BCUT2D eigenvalue weighted by Crippen LogP contribution is 2.37. The minimum Gasteiger partial charge on any atom is -0.325 e. The standard InChI is InChI=1S/C18H13F3N4O4S/c1-24-16(27)11-4-2-3-5-13(11)23-17(24)30-9-15(26)22-14-7-6-10(25(28)29)8-12(14)18(19,20)21/h2-8H,9H2,1H3,(H,22,26). The van der Waals surface area contributed by atoms with Crippen LogP contribution in [0.3, 0.4) is 0 Å². The van der Waals surface area contributed by atoms with Crippen LogP contribution in [0.1, 0.15) is 5.56 Å². The van der Waals surface area contributed by atoms with Crippen LogP contribution in [0.2, 0.25) is 0 Å². The van der Waals surface area contributed by atoms with Crippen LogP contribution in [0.4, 0.5) is 24.5 Å². The molecule has 0 radical (unpaired) electrons. The number of rotatable bonds is 5. The van der Waals surface area contributed by atoms with Crippen molar-refractivity contribution >= 4 is 39.9 Å². The van der Waals surface area contributed by atoms with Gasteiger partial charge in [0.25, 0.3) is 11.2 Å². The molecule has 8 nitrogen and oxygen atoms in total. The fourth-order valence-corrected chi connectivity index (χ4v) is 3.40. The quantitative estimate of drug-likeness (QED) is 0.282. The van der Waals surface area contributed by atoms with Gasteiger partial charge in [0.1, 0.15) is 0 Å². The number of aromatic nitrogens is 2. The molecule has 0 bridgehead atoms. The van der Waals surface area contributed by atoms with Gasteiger partial charge in [0.15, 0.2) is 5.16 Å². The van der Waals surface area contributed by atoms with Gasteiger partial charge in [-0.05, 0) is 18.2 Å². The molecule has 2 aromatic carbocycles. The number of thioether (sulfide) groups is 1. The number of carbonyl (C=O) groups is 1. The van der Waals surface area contributed by atoms with Gasteiger partial charge in [0, 0.05) is 19.2 Å². The third-order valence-electron chi connectivity index (χ3n) is 4.07. The van der Waals surface area contributed by atoms with Crippen LogP contribution in [0, 0.1) is 10.1 Å². The molecule has 1 aromatic heterocycles. The van der Waals surface area contributed by atoms with Crippen molar-refractivity contribution in [2.24, 2.45) is 7.05 Å². The van der Waals surface area contributed by atoms with E-state index in [2.05, 4.69) is 10.3 Å². The molecule has 156 valence electrons. The summed E-state index contributed by atoms with van der Waals surface area (Å²) in [5, 5.41) is 13.5. The number of fused-ring (bicyclic) bond motifs is 1. The van der Waals surface area contributed by atoms with E-state index in [0.717, 1.165) is 23.9 Å². The van der Waals surface area contributed by atoms with Gasteiger partial charge in [-0.3, -0.25) is 24.3 Å². The maximum absolute atomic E-state index is 13.2. The van der Waals surface area contributed by atoms with Gasteiger partial charge in [-0.15, -0.1) is 0 Å². The van der Waals surface area contributed by atoms with Crippen LogP contribution in [0.25, 0.3) is 10.9 Å². The number of alkyl halides is 3. The number of hydrogen-bond acceptors (Lipinski definition) is 6. The Labute approximate surface area is 170 Å². The number of nitro benzene ring substituents is 1. The summed E-state index contributed by atoms with van der Waals surface area (Å²) in [5.74, 6) is -1.12. The smallest absolute Gasteiger partial charge is 0.325 e. The molecule has 12 heteroatoms. The first kappa shape index (κ1) is 21.3. The van der Waals surface area contributed by atoms with Crippen LogP contribution in [-0.2, 0) is 18.0 Å². The van der Waals surface area contributed by atoms with E-state index in [9.17, 15) is 32.9 Å². The first-order valence-electron chi connectivity index (χ1n) is 8.32. The molecule has 0 unspecified atom stereocenters. The van der Waals surface area contributed by atoms with Gasteiger partial charge in [-0.2, -0.15) is 13.2 Å². The van der Waals surface area contributed by atoms with Crippen molar-refractivity contribution in [1.29, 1.82) is 0 Å². The topological polar surface area (TPSA) is 107 Å². The predicted molar refractivity (Wildman–Crippen MR) is 104 cm³/mol. The molecule has 0 atom stereocenters. The maximum atomic E-state index is 13.2. The third kappa shape index (κ3) is 4.43. The highest BCUT2D eigenvalue weighted by molar-refractivity contribution is 7.99. The lowest BCUT2D eigenvalue weighted by Gasteiger charge is -2.14. The molecule has 0 saturated carbocycles. The number of para-hydroxylation sites is 1. The molecule has 0 fully saturated rings. The Balaban J connectivity index is 1.80. The predicted octanol–water partition coefficient (Wildman–Crippen LogP) is 3.59. The normalized spacial score (nSPS) is 11.5. The molecule has 1 heterocycles. The van der Waals surface area contributed by atoms with E-state index < -0.39 is 33.9 Å². The number of carbonyl (C=O) groups excluding carboxylic acids is 1. The van der Waals surface area contributed by atoms with E-state index in [1.54, 1.807) is 24.3 Å². The lowest BCUT2D eigenvalue weighted by Crippen LogP contribution is -2.22. The Morgan fingerprint density at radius 1 is 1.27 bits per heavy atom. The molecule has 0 aliphatic heterocycles. The minimum absolute atomic E-state index is 0.216. The number of amides is 1. The van der Waals surface area contributed by atoms with Crippen molar-refractivity contribution < 1.29 is 22.9 Å². The third-order valence-corrected chi connectivity index (χ3v) is 5.10. The molecule has 3 aromatic rings. The number of non-ortho nitro benzene ring substituents is 1. The zero-order valence-corrected chi connectivity index (χ0v) is 16.1. The molecule has 30 heavy (non-hydrogen) atoms. The summed E-state index contributed by atoms with van der Waals surface area (Å²) in [6.45, 7) is 0. The highest BCUT2D eigenvalue weighted by atomic mass is 32.2. The molecular weight excluding hydrogens is 425 g/mol. The van der Waals surface area contributed by atoms with Gasteiger partial charge < -0.3 is 5.32 Å². The number of benzene rings is 2. The molecule has 1 N–H and O–H groups in total. The van der Waals surface area contributed by atoms with E-state index in [1.807, 2.05) is 0 Å². The second-order valence-electron chi connectivity index (χ2n) is 6.10. The summed E-state index contributed by atoms with van der Waals surface area (Å²) >= 11 is 0.875. The first-order valence-corrected chi connectivity index (χ1v) is 9.30. The van der Waals surface area contributed by atoms with Gasteiger partial charge in [-0.1, -0.05) is 23.9 Å². The Bertz CT molecular complexity index is 1210. The van der Waals surface area contributed by atoms with E-state index in [0.29, 0.717) is 17.0 Å². The van der Waals surface area contributed by atoms with Crippen molar-refractivity contribution in [3.05, 3.63) is 68.5 Å². The summed E-state index contributed by atoms with van der Waals surface area (Å²) in [6.07, 6.45) is -4.90. The van der Waals surface area contributed by atoms with Crippen molar-refractivity contribution in [2.75, 3.05) is 11.1 Å². The summed E-state index contributed by atoms with van der Waals surface area (Å²) in [6, 6.07) is 8.68. The van der Waals surface area contributed by atoms with Crippen LogP contribution in [0.5, 0.6) is 0 Å². The largest absolute Gasteiger partial charge is 0.418 e.